The standard InChI is InChI=1S/C17H26N8/c1-2-7-23(8-3-1)16-4-5-17(20-19-16)24-13-10-22(11-14-24)12-15-25-9-6-18-21-25/h4-6,9H,1-3,7-8,10-15H2. The fourth-order valence-electron chi connectivity index (χ4n) is 3.57. The van der Waals surface area contributed by atoms with Crippen molar-refractivity contribution < 1.29 is 0 Å². The van der Waals surface area contributed by atoms with E-state index in [1.54, 1.807) is 6.20 Å². The quantitative estimate of drug-likeness (QED) is 0.799. The smallest absolute Gasteiger partial charge is 0.151 e. The summed E-state index contributed by atoms with van der Waals surface area (Å²) in [5.41, 5.74) is 0. The van der Waals surface area contributed by atoms with Gasteiger partial charge in [-0.25, -0.2) is 0 Å². The van der Waals surface area contributed by atoms with Crippen molar-refractivity contribution in [3.63, 3.8) is 0 Å². The zero-order valence-corrected chi connectivity index (χ0v) is 14.7. The Morgan fingerprint density at radius 2 is 1.44 bits per heavy atom. The lowest BCUT2D eigenvalue weighted by atomic mass is 10.1. The van der Waals surface area contributed by atoms with Gasteiger partial charge in [0, 0.05) is 52.0 Å². The lowest BCUT2D eigenvalue weighted by Gasteiger charge is -2.35. The monoisotopic (exact) mass is 342 g/mol. The molecule has 0 bridgehead atoms. The summed E-state index contributed by atoms with van der Waals surface area (Å²) in [4.78, 5) is 7.15. The van der Waals surface area contributed by atoms with Crippen LogP contribution in [-0.4, -0.2) is 75.9 Å². The molecule has 0 aliphatic carbocycles. The van der Waals surface area contributed by atoms with Gasteiger partial charge in [0.05, 0.1) is 12.7 Å². The van der Waals surface area contributed by atoms with E-state index in [9.17, 15) is 0 Å². The molecule has 0 amide bonds. The van der Waals surface area contributed by atoms with Gasteiger partial charge in [0.1, 0.15) is 0 Å². The van der Waals surface area contributed by atoms with Crippen molar-refractivity contribution in [3.8, 4) is 0 Å². The second-order valence-electron chi connectivity index (χ2n) is 6.79. The van der Waals surface area contributed by atoms with Gasteiger partial charge in [-0.15, -0.1) is 15.3 Å². The predicted octanol–water partition coefficient (Wildman–Crippen LogP) is 0.881. The molecule has 4 heterocycles. The van der Waals surface area contributed by atoms with Crippen molar-refractivity contribution in [2.75, 3.05) is 55.6 Å². The summed E-state index contributed by atoms with van der Waals surface area (Å²) < 4.78 is 1.89. The van der Waals surface area contributed by atoms with Crippen molar-refractivity contribution in [1.82, 2.24) is 30.1 Å². The first-order chi connectivity index (χ1) is 12.4. The van der Waals surface area contributed by atoms with Crippen LogP contribution >= 0.6 is 0 Å². The van der Waals surface area contributed by atoms with Crippen LogP contribution in [0.25, 0.3) is 0 Å². The maximum Gasteiger partial charge on any atom is 0.151 e. The Bertz CT molecular complexity index is 627. The molecule has 2 fully saturated rings. The number of piperidine rings is 1. The van der Waals surface area contributed by atoms with E-state index in [-0.39, 0.29) is 0 Å². The SMILES string of the molecule is c1cn(CCN2CCN(c3ccc(N4CCCCC4)nn3)CC2)nn1. The van der Waals surface area contributed by atoms with Crippen molar-refractivity contribution in [3.05, 3.63) is 24.5 Å². The second-order valence-corrected chi connectivity index (χ2v) is 6.79. The second kappa shape index (κ2) is 7.77. The molecule has 2 aromatic heterocycles. The van der Waals surface area contributed by atoms with Crippen molar-refractivity contribution in [2.24, 2.45) is 0 Å². The van der Waals surface area contributed by atoms with Gasteiger partial charge in [-0.3, -0.25) is 9.58 Å². The average Bonchev–Trinajstić information content (AvgIpc) is 3.21. The van der Waals surface area contributed by atoms with Gasteiger partial charge in [-0.1, -0.05) is 5.21 Å². The molecular formula is C17H26N8. The van der Waals surface area contributed by atoms with E-state index < -0.39 is 0 Å². The van der Waals surface area contributed by atoms with Crippen LogP contribution in [0.1, 0.15) is 19.3 Å². The Labute approximate surface area is 148 Å². The molecule has 0 spiro atoms. The Balaban J connectivity index is 1.27. The summed E-state index contributed by atoms with van der Waals surface area (Å²) in [7, 11) is 0. The van der Waals surface area contributed by atoms with E-state index >= 15 is 0 Å². The van der Waals surface area contributed by atoms with Crippen molar-refractivity contribution in [1.29, 1.82) is 0 Å². The fraction of sp³-hybridized carbons (Fsp3) is 0.647. The molecule has 0 N–H and O–H groups in total. The van der Waals surface area contributed by atoms with Gasteiger partial charge in [-0.05, 0) is 31.4 Å². The summed E-state index contributed by atoms with van der Waals surface area (Å²) in [5, 5.41) is 16.8. The Morgan fingerprint density at radius 3 is 2.04 bits per heavy atom. The van der Waals surface area contributed by atoms with Crippen LogP contribution in [0.4, 0.5) is 11.6 Å². The van der Waals surface area contributed by atoms with Crippen LogP contribution in [0, 0.1) is 0 Å². The van der Waals surface area contributed by atoms with Crippen LogP contribution in [0.15, 0.2) is 24.5 Å². The zero-order chi connectivity index (χ0) is 16.9. The molecule has 2 aliphatic heterocycles. The zero-order valence-electron chi connectivity index (χ0n) is 14.7. The highest BCUT2D eigenvalue weighted by Gasteiger charge is 2.19. The molecule has 134 valence electrons. The van der Waals surface area contributed by atoms with Crippen molar-refractivity contribution >= 4 is 11.6 Å². The summed E-state index contributed by atoms with van der Waals surface area (Å²) >= 11 is 0. The van der Waals surface area contributed by atoms with Crippen LogP contribution in [0.3, 0.4) is 0 Å². The van der Waals surface area contributed by atoms with E-state index in [1.165, 1.54) is 19.3 Å². The molecule has 4 rings (SSSR count). The Hall–Kier alpha value is -2.22. The van der Waals surface area contributed by atoms with E-state index in [1.807, 2.05) is 10.9 Å². The Kier molecular flexibility index (Phi) is 5.06. The van der Waals surface area contributed by atoms with Crippen LogP contribution in [0.5, 0.6) is 0 Å². The van der Waals surface area contributed by atoms with E-state index in [4.69, 9.17) is 0 Å². The first kappa shape index (κ1) is 16.3. The molecular weight excluding hydrogens is 316 g/mol. The molecule has 0 atom stereocenters. The van der Waals surface area contributed by atoms with Crippen LogP contribution < -0.4 is 9.80 Å². The minimum atomic E-state index is 0.893. The maximum atomic E-state index is 4.48. The Morgan fingerprint density at radius 1 is 0.760 bits per heavy atom. The summed E-state index contributed by atoms with van der Waals surface area (Å²) in [5.74, 6) is 2.02. The van der Waals surface area contributed by atoms with Crippen molar-refractivity contribution in [2.45, 2.75) is 25.8 Å². The number of rotatable bonds is 5. The largest absolute Gasteiger partial charge is 0.355 e. The first-order valence-corrected chi connectivity index (χ1v) is 9.28. The highest BCUT2D eigenvalue weighted by molar-refractivity contribution is 5.45. The molecule has 8 nitrogen and oxygen atoms in total. The van der Waals surface area contributed by atoms with Gasteiger partial charge >= 0.3 is 0 Å². The van der Waals surface area contributed by atoms with Crippen LogP contribution in [-0.2, 0) is 6.54 Å². The highest BCUT2D eigenvalue weighted by atomic mass is 15.4. The topological polar surface area (TPSA) is 66.2 Å². The molecule has 25 heavy (non-hydrogen) atoms. The molecule has 2 aromatic rings. The average molecular weight is 342 g/mol. The third-order valence-corrected chi connectivity index (χ3v) is 5.13. The third kappa shape index (κ3) is 4.07. The first-order valence-electron chi connectivity index (χ1n) is 9.28. The minimum Gasteiger partial charge on any atom is -0.355 e. The number of hydrogen-bond acceptors (Lipinski definition) is 7. The normalized spacial score (nSPS) is 19.4. The molecule has 8 heteroatoms. The molecule has 0 saturated carbocycles. The van der Waals surface area contributed by atoms with Gasteiger partial charge < -0.3 is 9.80 Å². The number of anilines is 2. The lowest BCUT2D eigenvalue weighted by molar-refractivity contribution is 0.243. The number of nitrogens with zero attached hydrogens (tertiary/aromatic N) is 8. The number of hydrogen-bond donors (Lipinski definition) is 0. The van der Waals surface area contributed by atoms with Gasteiger partial charge in [0.2, 0.25) is 0 Å². The number of aromatic nitrogens is 5. The highest BCUT2D eigenvalue weighted by Crippen LogP contribution is 2.19. The van der Waals surface area contributed by atoms with Crippen LogP contribution in [0.2, 0.25) is 0 Å². The van der Waals surface area contributed by atoms with E-state index in [0.29, 0.717) is 0 Å². The minimum absolute atomic E-state index is 0.893. The molecule has 0 aromatic carbocycles. The van der Waals surface area contributed by atoms with Gasteiger partial charge in [0.25, 0.3) is 0 Å². The molecule has 0 radical (unpaired) electrons. The predicted molar refractivity (Wildman–Crippen MR) is 96.8 cm³/mol. The number of piperazine rings is 1. The van der Waals surface area contributed by atoms with E-state index in [0.717, 1.165) is 64.0 Å². The molecule has 2 aliphatic rings. The van der Waals surface area contributed by atoms with E-state index in [2.05, 4.69) is 47.3 Å². The van der Waals surface area contributed by atoms with Gasteiger partial charge in [-0.2, -0.15) is 0 Å². The molecule has 0 unspecified atom stereocenters. The van der Waals surface area contributed by atoms with Gasteiger partial charge in [0.15, 0.2) is 11.6 Å². The fourth-order valence-corrected chi connectivity index (χ4v) is 3.57. The summed E-state index contributed by atoms with van der Waals surface area (Å²) in [6.07, 6.45) is 7.50. The lowest BCUT2D eigenvalue weighted by Crippen LogP contribution is -2.47. The maximum absolute atomic E-state index is 4.48. The summed E-state index contributed by atoms with van der Waals surface area (Å²) in [6, 6.07) is 4.26. The molecule has 2 saturated heterocycles. The summed E-state index contributed by atoms with van der Waals surface area (Å²) in [6.45, 7) is 8.21. The third-order valence-electron chi connectivity index (χ3n) is 5.13.